The van der Waals surface area contributed by atoms with Gasteiger partial charge in [0.15, 0.2) is 0 Å². The smallest absolute Gasteiger partial charge is 0.0117 e. The summed E-state index contributed by atoms with van der Waals surface area (Å²) in [5, 5.41) is 3.88. The fourth-order valence-corrected chi connectivity index (χ4v) is 3.72. The fourth-order valence-electron chi connectivity index (χ4n) is 3.72. The summed E-state index contributed by atoms with van der Waals surface area (Å²) in [5.74, 6) is 1.77. The highest BCUT2D eigenvalue weighted by Crippen LogP contribution is 2.23. The molecule has 0 aromatic heterocycles. The third-order valence-electron chi connectivity index (χ3n) is 5.00. The standard InChI is InChI=1S/C16H32N2/c1-14-13-18(2)11-10-16(14)17-12-15-8-6-4-3-5-7-9-15/h14-17H,3-13H2,1-2H3. The number of nitrogens with one attached hydrogen (secondary N) is 1. The van der Waals surface area contributed by atoms with Crippen molar-refractivity contribution in [2.45, 2.75) is 64.3 Å². The van der Waals surface area contributed by atoms with Crippen LogP contribution in [0.5, 0.6) is 0 Å². The second-order valence-corrected chi connectivity index (χ2v) is 6.75. The molecule has 2 unspecified atom stereocenters. The number of likely N-dealkylation sites (tertiary alicyclic amines) is 1. The van der Waals surface area contributed by atoms with Crippen LogP contribution in [0.4, 0.5) is 0 Å². The maximum Gasteiger partial charge on any atom is 0.0117 e. The molecule has 0 bridgehead atoms. The third kappa shape index (κ3) is 4.55. The Balaban J connectivity index is 1.69. The summed E-state index contributed by atoms with van der Waals surface area (Å²) in [6, 6.07) is 0.770. The lowest BCUT2D eigenvalue weighted by Crippen LogP contribution is -2.48. The first kappa shape index (κ1) is 14.3. The molecule has 1 aliphatic carbocycles. The molecule has 0 spiro atoms. The summed E-state index contributed by atoms with van der Waals surface area (Å²) in [4.78, 5) is 2.47. The predicted octanol–water partition coefficient (Wildman–Crippen LogP) is 3.28. The molecule has 1 saturated heterocycles. The van der Waals surface area contributed by atoms with E-state index in [4.69, 9.17) is 0 Å². The number of nitrogens with zero attached hydrogens (tertiary/aromatic N) is 1. The van der Waals surface area contributed by atoms with Crippen LogP contribution in [0.2, 0.25) is 0 Å². The van der Waals surface area contributed by atoms with Crippen molar-refractivity contribution < 1.29 is 0 Å². The largest absolute Gasteiger partial charge is 0.313 e. The van der Waals surface area contributed by atoms with Gasteiger partial charge in [-0.3, -0.25) is 0 Å². The average Bonchev–Trinajstić information content (AvgIpc) is 2.29. The van der Waals surface area contributed by atoms with Gasteiger partial charge in [0, 0.05) is 12.6 Å². The zero-order valence-corrected chi connectivity index (χ0v) is 12.5. The Morgan fingerprint density at radius 1 is 1.00 bits per heavy atom. The van der Waals surface area contributed by atoms with Gasteiger partial charge in [0.2, 0.25) is 0 Å². The van der Waals surface area contributed by atoms with Gasteiger partial charge in [0.05, 0.1) is 0 Å². The number of piperidine rings is 1. The summed E-state index contributed by atoms with van der Waals surface area (Å²) in [6.07, 6.45) is 11.6. The Kier molecular flexibility index (Phi) is 5.97. The quantitative estimate of drug-likeness (QED) is 0.829. The molecule has 18 heavy (non-hydrogen) atoms. The summed E-state index contributed by atoms with van der Waals surface area (Å²) < 4.78 is 0. The van der Waals surface area contributed by atoms with Crippen molar-refractivity contribution in [3.63, 3.8) is 0 Å². The van der Waals surface area contributed by atoms with Crippen LogP contribution in [0.1, 0.15) is 58.3 Å². The van der Waals surface area contributed by atoms with Crippen LogP contribution in [0.3, 0.4) is 0 Å². The molecule has 0 amide bonds. The van der Waals surface area contributed by atoms with Gasteiger partial charge in [-0.25, -0.2) is 0 Å². The molecule has 2 rings (SSSR count). The molecule has 2 atom stereocenters. The van der Waals surface area contributed by atoms with E-state index in [2.05, 4.69) is 24.2 Å². The Bertz CT molecular complexity index is 221. The van der Waals surface area contributed by atoms with Gasteiger partial charge in [0.1, 0.15) is 0 Å². The molecule has 1 heterocycles. The minimum absolute atomic E-state index is 0.770. The Hall–Kier alpha value is -0.0800. The van der Waals surface area contributed by atoms with E-state index in [1.165, 1.54) is 71.0 Å². The van der Waals surface area contributed by atoms with E-state index in [1.54, 1.807) is 0 Å². The molecule has 0 radical (unpaired) electrons. The monoisotopic (exact) mass is 252 g/mol. The molecule has 0 aromatic carbocycles. The highest BCUT2D eigenvalue weighted by molar-refractivity contribution is 4.82. The second-order valence-electron chi connectivity index (χ2n) is 6.75. The van der Waals surface area contributed by atoms with Crippen LogP contribution in [-0.2, 0) is 0 Å². The zero-order valence-electron chi connectivity index (χ0n) is 12.5. The highest BCUT2D eigenvalue weighted by atomic mass is 15.1. The molecule has 2 heteroatoms. The van der Waals surface area contributed by atoms with Gasteiger partial charge in [-0.05, 0) is 51.2 Å². The normalized spacial score (nSPS) is 33.0. The Morgan fingerprint density at radius 3 is 2.33 bits per heavy atom. The van der Waals surface area contributed by atoms with Crippen molar-refractivity contribution in [3.8, 4) is 0 Å². The van der Waals surface area contributed by atoms with E-state index < -0.39 is 0 Å². The zero-order chi connectivity index (χ0) is 12.8. The topological polar surface area (TPSA) is 15.3 Å². The molecule has 106 valence electrons. The van der Waals surface area contributed by atoms with Crippen molar-refractivity contribution in [2.24, 2.45) is 11.8 Å². The predicted molar refractivity (Wildman–Crippen MR) is 78.9 cm³/mol. The van der Waals surface area contributed by atoms with E-state index in [0.29, 0.717) is 0 Å². The van der Waals surface area contributed by atoms with E-state index in [0.717, 1.165) is 17.9 Å². The molecular formula is C16H32N2. The molecule has 2 nitrogen and oxygen atoms in total. The van der Waals surface area contributed by atoms with E-state index in [1.807, 2.05) is 0 Å². The number of hydrogen-bond donors (Lipinski definition) is 1. The molecule has 2 aliphatic rings. The van der Waals surface area contributed by atoms with E-state index in [-0.39, 0.29) is 0 Å². The molecule has 1 N–H and O–H groups in total. The first-order valence-electron chi connectivity index (χ1n) is 8.17. The first-order chi connectivity index (χ1) is 8.75. The van der Waals surface area contributed by atoms with E-state index in [9.17, 15) is 0 Å². The minimum atomic E-state index is 0.770. The van der Waals surface area contributed by atoms with Crippen LogP contribution in [0.25, 0.3) is 0 Å². The van der Waals surface area contributed by atoms with Crippen LogP contribution < -0.4 is 5.32 Å². The lowest BCUT2D eigenvalue weighted by atomic mass is 9.89. The summed E-state index contributed by atoms with van der Waals surface area (Å²) in [6.45, 7) is 6.22. The lowest BCUT2D eigenvalue weighted by molar-refractivity contribution is 0.169. The maximum absolute atomic E-state index is 3.88. The summed E-state index contributed by atoms with van der Waals surface area (Å²) in [5.41, 5.74) is 0. The molecule has 0 aromatic rings. The van der Waals surface area contributed by atoms with Gasteiger partial charge in [0.25, 0.3) is 0 Å². The van der Waals surface area contributed by atoms with Gasteiger partial charge in [-0.2, -0.15) is 0 Å². The van der Waals surface area contributed by atoms with Crippen molar-refractivity contribution in [2.75, 3.05) is 26.7 Å². The minimum Gasteiger partial charge on any atom is -0.313 e. The van der Waals surface area contributed by atoms with Gasteiger partial charge in [-0.15, -0.1) is 0 Å². The second kappa shape index (κ2) is 7.49. The van der Waals surface area contributed by atoms with Gasteiger partial charge in [-0.1, -0.05) is 39.0 Å². The highest BCUT2D eigenvalue weighted by Gasteiger charge is 2.24. The Labute approximate surface area is 114 Å². The molecule has 1 saturated carbocycles. The van der Waals surface area contributed by atoms with Crippen molar-refractivity contribution in [1.29, 1.82) is 0 Å². The van der Waals surface area contributed by atoms with Crippen molar-refractivity contribution in [1.82, 2.24) is 10.2 Å². The van der Waals surface area contributed by atoms with Crippen LogP contribution >= 0.6 is 0 Å². The summed E-state index contributed by atoms with van der Waals surface area (Å²) >= 11 is 0. The van der Waals surface area contributed by atoms with Crippen LogP contribution in [0.15, 0.2) is 0 Å². The fraction of sp³-hybridized carbons (Fsp3) is 1.00. The van der Waals surface area contributed by atoms with Gasteiger partial charge >= 0.3 is 0 Å². The maximum atomic E-state index is 3.88. The lowest BCUT2D eigenvalue weighted by Gasteiger charge is -2.36. The number of rotatable bonds is 3. The SMILES string of the molecule is CC1CN(C)CCC1NCC1CCCCCCC1. The summed E-state index contributed by atoms with van der Waals surface area (Å²) in [7, 11) is 2.25. The van der Waals surface area contributed by atoms with Crippen molar-refractivity contribution >= 4 is 0 Å². The van der Waals surface area contributed by atoms with Gasteiger partial charge < -0.3 is 10.2 Å². The Morgan fingerprint density at radius 2 is 1.67 bits per heavy atom. The molecule has 1 aliphatic heterocycles. The van der Waals surface area contributed by atoms with Crippen LogP contribution in [0, 0.1) is 11.8 Å². The first-order valence-corrected chi connectivity index (χ1v) is 8.17. The third-order valence-corrected chi connectivity index (χ3v) is 5.00. The van der Waals surface area contributed by atoms with Crippen molar-refractivity contribution in [3.05, 3.63) is 0 Å². The molecular weight excluding hydrogens is 220 g/mol. The average molecular weight is 252 g/mol. The molecule has 2 fully saturated rings. The van der Waals surface area contributed by atoms with E-state index >= 15 is 0 Å². The van der Waals surface area contributed by atoms with Crippen LogP contribution in [-0.4, -0.2) is 37.6 Å². The number of hydrogen-bond acceptors (Lipinski definition) is 2.